The summed E-state index contributed by atoms with van der Waals surface area (Å²) in [6, 6.07) is 8.85. The van der Waals surface area contributed by atoms with E-state index in [2.05, 4.69) is 11.9 Å². The number of amides is 2. The number of benzene rings is 1. The van der Waals surface area contributed by atoms with Crippen molar-refractivity contribution in [2.75, 3.05) is 6.54 Å². The highest BCUT2D eigenvalue weighted by Gasteiger charge is 2.33. The molecule has 1 aliphatic rings. The van der Waals surface area contributed by atoms with E-state index in [4.69, 9.17) is 23.8 Å². The summed E-state index contributed by atoms with van der Waals surface area (Å²) in [5, 5.41) is 2.59. The summed E-state index contributed by atoms with van der Waals surface area (Å²) < 4.78 is 1.32. The molecule has 1 aromatic carbocycles. The number of thiazole rings is 1. The van der Waals surface area contributed by atoms with Crippen LogP contribution in [0.5, 0.6) is 0 Å². The van der Waals surface area contributed by atoms with Gasteiger partial charge in [-0.1, -0.05) is 47.2 Å². The Balaban J connectivity index is 2.06. The number of para-hydroxylation sites is 1. The van der Waals surface area contributed by atoms with E-state index in [0.29, 0.717) is 10.6 Å². The van der Waals surface area contributed by atoms with Gasteiger partial charge in [0.25, 0.3) is 11.8 Å². The number of nitrogens with zero attached hydrogens (tertiary/aromatic N) is 2. The fourth-order valence-corrected chi connectivity index (χ4v) is 3.85. The van der Waals surface area contributed by atoms with Crippen molar-refractivity contribution in [2.24, 2.45) is 0 Å². The molecule has 0 atom stereocenters. The Hall–Kier alpha value is -2.55. The molecule has 0 spiro atoms. The third-order valence-electron chi connectivity index (χ3n) is 3.57. The summed E-state index contributed by atoms with van der Waals surface area (Å²) in [6.45, 7) is 3.72. The molecule has 3 rings (SSSR count). The molecule has 6 nitrogen and oxygen atoms in total. The molecule has 2 heterocycles. The maximum absolute atomic E-state index is 12.6. The molecule has 0 bridgehead atoms. The molecule has 2 amide bonds. The zero-order valence-corrected chi connectivity index (χ0v) is 15.7. The van der Waals surface area contributed by atoms with E-state index in [1.165, 1.54) is 21.6 Å². The first kappa shape index (κ1) is 18.2. The zero-order chi connectivity index (χ0) is 18.8. The summed E-state index contributed by atoms with van der Waals surface area (Å²) in [7, 11) is 0. The lowest BCUT2D eigenvalue weighted by atomic mass is 10.1. The minimum atomic E-state index is -0.636. The Bertz CT molecular complexity index is 1010. The second kappa shape index (κ2) is 7.36. The summed E-state index contributed by atoms with van der Waals surface area (Å²) >= 11 is 12.2. The third-order valence-corrected chi connectivity index (χ3v) is 5.26. The molecular formula is C17H12ClN3O3S2. The number of carbonyl (C=O) groups is 2. The maximum atomic E-state index is 12.6. The monoisotopic (exact) mass is 405 g/mol. The van der Waals surface area contributed by atoms with Gasteiger partial charge in [0.2, 0.25) is 0 Å². The maximum Gasteiger partial charge on any atom is 0.313 e. The van der Waals surface area contributed by atoms with E-state index in [-0.39, 0.29) is 27.3 Å². The molecule has 1 aliphatic heterocycles. The molecule has 0 radical (unpaired) electrons. The van der Waals surface area contributed by atoms with Crippen LogP contribution < -0.4 is 10.2 Å². The van der Waals surface area contributed by atoms with Crippen LogP contribution in [-0.4, -0.2) is 32.9 Å². The third kappa shape index (κ3) is 3.26. The minimum absolute atomic E-state index is 0.0122. The van der Waals surface area contributed by atoms with Crippen LogP contribution in [0.1, 0.15) is 4.88 Å². The molecule has 1 aromatic heterocycles. The van der Waals surface area contributed by atoms with Crippen molar-refractivity contribution in [1.29, 1.82) is 0 Å². The van der Waals surface area contributed by atoms with Crippen molar-refractivity contribution in [3.63, 3.8) is 0 Å². The second-order valence-corrected chi connectivity index (χ2v) is 6.95. The Morgan fingerprint density at radius 3 is 2.58 bits per heavy atom. The molecule has 132 valence electrons. The van der Waals surface area contributed by atoms with Crippen LogP contribution in [0.25, 0.3) is 11.8 Å². The van der Waals surface area contributed by atoms with Crippen molar-refractivity contribution in [1.82, 2.24) is 14.8 Å². The lowest BCUT2D eigenvalue weighted by Crippen LogP contribution is -2.53. The summed E-state index contributed by atoms with van der Waals surface area (Å²) in [6.07, 6.45) is 2.81. The predicted molar refractivity (Wildman–Crippen MR) is 106 cm³/mol. The lowest BCUT2D eigenvalue weighted by Gasteiger charge is -2.27. The first-order chi connectivity index (χ1) is 12.4. The molecule has 2 aromatic rings. The van der Waals surface area contributed by atoms with Gasteiger partial charge in [-0.3, -0.25) is 29.2 Å². The van der Waals surface area contributed by atoms with Gasteiger partial charge in [-0.15, -0.1) is 6.58 Å². The average Bonchev–Trinajstić information content (AvgIpc) is 2.89. The van der Waals surface area contributed by atoms with Gasteiger partial charge >= 0.3 is 4.87 Å². The fraction of sp³-hybridized carbons (Fsp3) is 0.0588. The highest BCUT2D eigenvalue weighted by Crippen LogP contribution is 2.26. The number of carbonyl (C=O) groups excluding carboxylic acids is 2. The van der Waals surface area contributed by atoms with Crippen LogP contribution in [0.15, 0.2) is 53.4 Å². The lowest BCUT2D eigenvalue weighted by molar-refractivity contribution is -0.128. The first-order valence-corrected chi connectivity index (χ1v) is 9.01. The van der Waals surface area contributed by atoms with Crippen LogP contribution in [0, 0.1) is 0 Å². The van der Waals surface area contributed by atoms with Crippen LogP contribution in [0.2, 0.25) is 5.15 Å². The minimum Gasteiger partial charge on any atom is -0.298 e. The van der Waals surface area contributed by atoms with E-state index < -0.39 is 11.8 Å². The largest absolute Gasteiger partial charge is 0.313 e. The molecular weight excluding hydrogens is 394 g/mol. The van der Waals surface area contributed by atoms with Crippen LogP contribution in [-0.2, 0) is 9.59 Å². The quantitative estimate of drug-likeness (QED) is 0.367. The van der Waals surface area contributed by atoms with E-state index in [0.717, 1.165) is 11.3 Å². The highest BCUT2D eigenvalue weighted by atomic mass is 35.5. The molecule has 1 N–H and O–H groups in total. The fourth-order valence-electron chi connectivity index (χ4n) is 2.38. The molecule has 0 saturated carbocycles. The van der Waals surface area contributed by atoms with Crippen LogP contribution in [0.3, 0.4) is 0 Å². The van der Waals surface area contributed by atoms with Gasteiger partial charge < -0.3 is 0 Å². The van der Waals surface area contributed by atoms with Gasteiger partial charge in [0, 0.05) is 6.54 Å². The Kier molecular flexibility index (Phi) is 5.17. The molecule has 9 heteroatoms. The van der Waals surface area contributed by atoms with Crippen molar-refractivity contribution in [3.8, 4) is 5.69 Å². The van der Waals surface area contributed by atoms with Crippen LogP contribution >= 0.6 is 35.2 Å². The molecule has 0 aliphatic carbocycles. The number of hydrogen-bond donors (Lipinski definition) is 1. The Morgan fingerprint density at radius 1 is 1.23 bits per heavy atom. The van der Waals surface area contributed by atoms with Crippen molar-refractivity contribution < 1.29 is 9.59 Å². The Morgan fingerprint density at radius 2 is 1.92 bits per heavy atom. The summed E-state index contributed by atoms with van der Waals surface area (Å²) in [5.41, 5.74) is 0.445. The van der Waals surface area contributed by atoms with Crippen molar-refractivity contribution in [2.45, 2.75) is 0 Å². The van der Waals surface area contributed by atoms with Gasteiger partial charge in [-0.25, -0.2) is 0 Å². The predicted octanol–water partition coefficient (Wildman–Crippen LogP) is 2.37. The number of nitrogens with one attached hydrogen (secondary N) is 1. The van der Waals surface area contributed by atoms with Gasteiger partial charge in [0.05, 0.1) is 10.6 Å². The number of rotatable bonds is 4. The number of hydrogen-bond acceptors (Lipinski definition) is 5. The van der Waals surface area contributed by atoms with Gasteiger partial charge in [-0.05, 0) is 30.4 Å². The standard InChI is InChI=1S/C17H12ClN3O3S2/c1-2-8-20-15(23)11(14(22)19-16(20)25)9-12-13(18)21(17(24)26-12)10-6-4-3-5-7-10/h2-7,9H,1,8H2,(H,19,22,25)/b11-9+. The van der Waals surface area contributed by atoms with E-state index in [9.17, 15) is 14.4 Å². The van der Waals surface area contributed by atoms with Crippen molar-refractivity contribution in [3.05, 3.63) is 68.3 Å². The highest BCUT2D eigenvalue weighted by molar-refractivity contribution is 7.80. The molecule has 26 heavy (non-hydrogen) atoms. The number of thiocarbonyl (C=S) groups is 1. The van der Waals surface area contributed by atoms with Gasteiger partial charge in [0.15, 0.2) is 5.11 Å². The first-order valence-electron chi connectivity index (χ1n) is 7.40. The molecule has 1 fully saturated rings. The summed E-state index contributed by atoms with van der Waals surface area (Å²) in [5.74, 6) is -1.20. The number of halogens is 1. The van der Waals surface area contributed by atoms with Crippen molar-refractivity contribution >= 4 is 58.2 Å². The second-order valence-electron chi connectivity index (χ2n) is 5.22. The SMILES string of the molecule is C=CCN1C(=O)/C(=C/c2sc(=O)n(-c3ccccc3)c2Cl)C(=O)NC1=S. The topological polar surface area (TPSA) is 71.4 Å². The van der Waals surface area contributed by atoms with E-state index in [1.807, 2.05) is 6.07 Å². The smallest absolute Gasteiger partial charge is 0.298 e. The normalized spacial score (nSPS) is 16.1. The average molecular weight is 406 g/mol. The Labute approximate surface area is 163 Å². The van der Waals surface area contributed by atoms with Crippen LogP contribution in [0.4, 0.5) is 0 Å². The molecule has 1 saturated heterocycles. The zero-order valence-electron chi connectivity index (χ0n) is 13.3. The van der Waals surface area contributed by atoms with E-state index >= 15 is 0 Å². The van der Waals surface area contributed by atoms with Gasteiger partial charge in [-0.2, -0.15) is 0 Å². The van der Waals surface area contributed by atoms with Gasteiger partial charge in [0.1, 0.15) is 10.7 Å². The summed E-state index contributed by atoms with van der Waals surface area (Å²) in [4.78, 5) is 38.2. The molecule has 0 unspecified atom stereocenters. The van der Waals surface area contributed by atoms with E-state index in [1.54, 1.807) is 24.3 Å². The number of aromatic nitrogens is 1.